The molecule has 21 heavy (non-hydrogen) atoms. The molecule has 1 aliphatic heterocycles. The van der Waals surface area contributed by atoms with E-state index in [2.05, 4.69) is 10.3 Å². The largest absolute Gasteiger partial charge is 0.379 e. The van der Waals surface area contributed by atoms with Crippen LogP contribution in [0.1, 0.15) is 19.2 Å². The van der Waals surface area contributed by atoms with Crippen LogP contribution in [0, 0.1) is 0 Å². The van der Waals surface area contributed by atoms with Crippen LogP contribution < -0.4 is 5.32 Å². The van der Waals surface area contributed by atoms with Gasteiger partial charge in [0, 0.05) is 26.1 Å². The Hall–Kier alpha value is -1.46. The van der Waals surface area contributed by atoms with E-state index in [0.717, 1.165) is 23.4 Å². The number of hydrogen-bond acceptors (Lipinski definition) is 3. The van der Waals surface area contributed by atoms with E-state index >= 15 is 0 Å². The SMILES string of the molecule is Cn1c(CC(C)(F)CC2COCCN2)nc2ccccc21. The quantitative estimate of drug-likeness (QED) is 0.939. The zero-order chi connectivity index (χ0) is 14.9. The standard InChI is InChI=1S/C16H22FN3O/c1-16(17,9-12-11-21-8-7-18-12)10-15-19-13-5-3-4-6-14(13)20(15)2/h3-6,12,18H,7-11H2,1-2H3. The van der Waals surface area contributed by atoms with Crippen molar-refractivity contribution < 1.29 is 9.13 Å². The Morgan fingerprint density at radius 3 is 3.00 bits per heavy atom. The van der Waals surface area contributed by atoms with Crippen LogP contribution in [0.25, 0.3) is 11.0 Å². The molecule has 1 N–H and O–H groups in total. The summed E-state index contributed by atoms with van der Waals surface area (Å²) in [6.07, 6.45) is 0.757. The van der Waals surface area contributed by atoms with Gasteiger partial charge in [0.15, 0.2) is 0 Å². The van der Waals surface area contributed by atoms with Crippen LogP contribution in [0.15, 0.2) is 24.3 Å². The van der Waals surface area contributed by atoms with Crippen molar-refractivity contribution in [2.24, 2.45) is 7.05 Å². The molecule has 0 spiro atoms. The number of benzene rings is 1. The number of hydrogen-bond donors (Lipinski definition) is 1. The number of morpholine rings is 1. The van der Waals surface area contributed by atoms with Gasteiger partial charge in [-0.3, -0.25) is 0 Å². The van der Waals surface area contributed by atoms with Gasteiger partial charge in [0.1, 0.15) is 11.5 Å². The van der Waals surface area contributed by atoms with Gasteiger partial charge in [-0.2, -0.15) is 0 Å². The molecule has 2 unspecified atom stereocenters. The molecule has 4 nitrogen and oxygen atoms in total. The van der Waals surface area contributed by atoms with Crippen LogP contribution in [0.5, 0.6) is 0 Å². The summed E-state index contributed by atoms with van der Waals surface area (Å²) in [5, 5.41) is 3.31. The maximum Gasteiger partial charge on any atom is 0.116 e. The monoisotopic (exact) mass is 291 g/mol. The maximum absolute atomic E-state index is 14.9. The summed E-state index contributed by atoms with van der Waals surface area (Å²) in [6, 6.07) is 7.99. The van der Waals surface area contributed by atoms with E-state index in [1.54, 1.807) is 6.92 Å². The van der Waals surface area contributed by atoms with Gasteiger partial charge >= 0.3 is 0 Å². The van der Waals surface area contributed by atoms with Crippen LogP contribution >= 0.6 is 0 Å². The van der Waals surface area contributed by atoms with Gasteiger partial charge in [0.05, 0.1) is 24.2 Å². The predicted molar refractivity (Wildman–Crippen MR) is 81.2 cm³/mol. The lowest BCUT2D eigenvalue weighted by Gasteiger charge is -2.29. The van der Waals surface area contributed by atoms with Crippen LogP contribution in [0.4, 0.5) is 4.39 Å². The Kier molecular flexibility index (Phi) is 3.95. The zero-order valence-electron chi connectivity index (χ0n) is 12.6. The molecular weight excluding hydrogens is 269 g/mol. The van der Waals surface area contributed by atoms with Gasteiger partial charge in [-0.05, 0) is 25.5 Å². The highest BCUT2D eigenvalue weighted by molar-refractivity contribution is 5.75. The van der Waals surface area contributed by atoms with Gasteiger partial charge in [-0.15, -0.1) is 0 Å². The Balaban J connectivity index is 1.75. The first-order valence-electron chi connectivity index (χ1n) is 7.45. The molecule has 0 amide bonds. The molecular formula is C16H22FN3O. The van der Waals surface area contributed by atoms with Gasteiger partial charge in [-0.25, -0.2) is 9.37 Å². The average molecular weight is 291 g/mol. The molecule has 0 aliphatic carbocycles. The summed E-state index contributed by atoms with van der Waals surface area (Å²) in [5.74, 6) is 0.790. The van der Waals surface area contributed by atoms with Gasteiger partial charge in [-0.1, -0.05) is 12.1 Å². The van der Waals surface area contributed by atoms with Crippen LogP contribution in [-0.2, 0) is 18.2 Å². The molecule has 0 saturated carbocycles. The van der Waals surface area contributed by atoms with Crippen LogP contribution in [0.3, 0.4) is 0 Å². The van der Waals surface area contributed by atoms with Gasteiger partial charge < -0.3 is 14.6 Å². The van der Waals surface area contributed by atoms with Crippen molar-refractivity contribution >= 4 is 11.0 Å². The summed E-state index contributed by atoms with van der Waals surface area (Å²) >= 11 is 0. The second-order valence-corrected chi connectivity index (χ2v) is 6.10. The van der Waals surface area contributed by atoms with Gasteiger partial charge in [0.2, 0.25) is 0 Å². The van der Waals surface area contributed by atoms with Crippen molar-refractivity contribution in [2.75, 3.05) is 19.8 Å². The van der Waals surface area contributed by atoms with E-state index in [1.165, 1.54) is 0 Å². The number of rotatable bonds is 4. The fourth-order valence-electron chi connectivity index (χ4n) is 3.02. The topological polar surface area (TPSA) is 39.1 Å². The number of aromatic nitrogens is 2. The number of nitrogens with zero attached hydrogens (tertiary/aromatic N) is 2. The first kappa shape index (κ1) is 14.5. The van der Waals surface area contributed by atoms with E-state index in [-0.39, 0.29) is 6.04 Å². The van der Waals surface area contributed by atoms with Crippen molar-refractivity contribution in [3.63, 3.8) is 0 Å². The minimum atomic E-state index is -1.30. The Morgan fingerprint density at radius 2 is 2.29 bits per heavy atom. The highest BCUT2D eigenvalue weighted by Gasteiger charge is 2.31. The van der Waals surface area contributed by atoms with Crippen molar-refractivity contribution in [3.8, 4) is 0 Å². The summed E-state index contributed by atoms with van der Waals surface area (Å²) in [6.45, 7) is 3.75. The second-order valence-electron chi connectivity index (χ2n) is 6.10. The van der Waals surface area contributed by atoms with Crippen LogP contribution in [-0.4, -0.2) is 41.0 Å². The van der Waals surface area contributed by atoms with Crippen LogP contribution in [0.2, 0.25) is 0 Å². The minimum absolute atomic E-state index is 0.0865. The molecule has 1 fully saturated rings. The first-order valence-corrected chi connectivity index (χ1v) is 7.45. The first-order chi connectivity index (χ1) is 10.1. The molecule has 5 heteroatoms. The number of alkyl halides is 1. The van der Waals surface area contributed by atoms with Gasteiger partial charge in [0.25, 0.3) is 0 Å². The molecule has 2 heterocycles. The van der Waals surface area contributed by atoms with E-state index in [4.69, 9.17) is 4.74 Å². The second kappa shape index (κ2) is 5.73. The number of aryl methyl sites for hydroxylation is 1. The molecule has 2 atom stereocenters. The van der Waals surface area contributed by atoms with E-state index in [9.17, 15) is 4.39 Å². The molecule has 1 aromatic heterocycles. The smallest absolute Gasteiger partial charge is 0.116 e. The molecule has 1 saturated heterocycles. The normalized spacial score (nSPS) is 22.3. The lowest BCUT2D eigenvalue weighted by atomic mass is 9.94. The third-order valence-electron chi connectivity index (χ3n) is 4.08. The summed E-state index contributed by atoms with van der Waals surface area (Å²) in [4.78, 5) is 4.56. The fourth-order valence-corrected chi connectivity index (χ4v) is 3.02. The predicted octanol–water partition coefficient (Wildman–Crippen LogP) is 2.22. The highest BCUT2D eigenvalue weighted by atomic mass is 19.1. The maximum atomic E-state index is 14.9. The molecule has 0 radical (unpaired) electrons. The lowest BCUT2D eigenvalue weighted by molar-refractivity contribution is 0.0477. The molecule has 0 bridgehead atoms. The van der Waals surface area contributed by atoms with Crippen molar-refractivity contribution in [3.05, 3.63) is 30.1 Å². The number of halogens is 1. The van der Waals surface area contributed by atoms with Crippen molar-refractivity contribution in [1.82, 2.24) is 14.9 Å². The number of nitrogens with one attached hydrogen (secondary N) is 1. The summed E-state index contributed by atoms with van der Waals surface area (Å²) in [7, 11) is 1.95. The minimum Gasteiger partial charge on any atom is -0.379 e. The molecule has 114 valence electrons. The third-order valence-corrected chi connectivity index (χ3v) is 4.08. The third kappa shape index (κ3) is 3.24. The number of para-hydroxylation sites is 2. The number of fused-ring (bicyclic) bond motifs is 1. The Morgan fingerprint density at radius 1 is 1.48 bits per heavy atom. The summed E-state index contributed by atoms with van der Waals surface area (Å²) in [5.41, 5.74) is 0.667. The Bertz CT molecular complexity index is 617. The molecule has 1 aliphatic rings. The average Bonchev–Trinajstić information content (AvgIpc) is 2.76. The molecule has 1 aromatic carbocycles. The van der Waals surface area contributed by atoms with Crippen molar-refractivity contribution in [1.29, 1.82) is 0 Å². The zero-order valence-corrected chi connectivity index (χ0v) is 12.6. The highest BCUT2D eigenvalue weighted by Crippen LogP contribution is 2.25. The number of ether oxygens (including phenoxy) is 1. The molecule has 3 rings (SSSR count). The Labute approximate surface area is 124 Å². The molecule has 2 aromatic rings. The fraction of sp³-hybridized carbons (Fsp3) is 0.562. The summed E-state index contributed by atoms with van der Waals surface area (Å²) < 4.78 is 22.3. The van der Waals surface area contributed by atoms with E-state index in [1.807, 2.05) is 35.9 Å². The lowest BCUT2D eigenvalue weighted by Crippen LogP contribution is -2.45. The van der Waals surface area contributed by atoms with Crippen molar-refractivity contribution in [2.45, 2.75) is 31.5 Å². The van der Waals surface area contributed by atoms with E-state index < -0.39 is 5.67 Å². The number of imidazole rings is 1. The van der Waals surface area contributed by atoms with E-state index in [0.29, 0.717) is 26.1 Å².